The molecule has 1 saturated carbocycles. The zero-order chi connectivity index (χ0) is 12.5. The topological polar surface area (TPSA) is 50.2 Å². The van der Waals surface area contributed by atoms with Gasteiger partial charge in [-0.15, -0.1) is 11.3 Å². The molecule has 0 spiro atoms. The van der Waals surface area contributed by atoms with E-state index in [2.05, 4.69) is 0 Å². The van der Waals surface area contributed by atoms with Crippen molar-refractivity contribution >= 4 is 17.3 Å². The summed E-state index contributed by atoms with van der Waals surface area (Å²) in [5.41, 5.74) is 2.26. The molecule has 1 heterocycles. The molecule has 1 aromatic rings. The molecule has 1 N–H and O–H groups in total. The van der Waals surface area contributed by atoms with Crippen molar-refractivity contribution in [3.05, 3.63) is 27.2 Å². The number of nitrogens with zero attached hydrogens (tertiary/aromatic N) is 1. The summed E-state index contributed by atoms with van der Waals surface area (Å²) in [6.07, 6.45) is 9.17. The lowest BCUT2D eigenvalue weighted by atomic mass is 9.97. The second kappa shape index (κ2) is 4.84. The third-order valence-corrected chi connectivity index (χ3v) is 5.16. The number of thiazole rings is 1. The summed E-state index contributed by atoms with van der Waals surface area (Å²) in [6.45, 7) is 0. The molecule has 0 bridgehead atoms. The Kier molecular flexibility index (Phi) is 3.20. The first kappa shape index (κ1) is 11.9. The molecule has 0 unspecified atom stereocenters. The summed E-state index contributed by atoms with van der Waals surface area (Å²) in [5.74, 6) is -0.151. The van der Waals surface area contributed by atoms with E-state index < -0.39 is 5.97 Å². The summed E-state index contributed by atoms with van der Waals surface area (Å²) >= 11 is 1.82. The molecule has 18 heavy (non-hydrogen) atoms. The average molecular weight is 263 g/mol. The molecule has 0 saturated heterocycles. The summed E-state index contributed by atoms with van der Waals surface area (Å²) < 4.78 is 0. The van der Waals surface area contributed by atoms with Crippen molar-refractivity contribution < 1.29 is 9.90 Å². The maximum atomic E-state index is 10.7. The van der Waals surface area contributed by atoms with Crippen molar-refractivity contribution in [1.82, 2.24) is 4.98 Å². The van der Waals surface area contributed by atoms with Crippen LogP contribution in [-0.4, -0.2) is 16.1 Å². The van der Waals surface area contributed by atoms with Crippen LogP contribution in [0.3, 0.4) is 0 Å². The van der Waals surface area contributed by atoms with Crippen LogP contribution in [-0.2, 0) is 17.6 Å². The monoisotopic (exact) mass is 263 g/mol. The van der Waals surface area contributed by atoms with E-state index in [1.165, 1.54) is 47.3 Å². The smallest absolute Gasteiger partial charge is 0.328 e. The zero-order valence-corrected chi connectivity index (χ0v) is 11.1. The van der Waals surface area contributed by atoms with Crippen LogP contribution >= 0.6 is 11.3 Å². The molecule has 0 atom stereocenters. The van der Waals surface area contributed by atoms with Crippen LogP contribution in [0.1, 0.15) is 53.6 Å². The first-order chi connectivity index (χ1) is 8.72. The Morgan fingerprint density at radius 2 is 2.11 bits per heavy atom. The Morgan fingerprint density at radius 1 is 1.33 bits per heavy atom. The lowest BCUT2D eigenvalue weighted by Gasteiger charge is -2.12. The number of carbonyl (C=O) groups is 1. The van der Waals surface area contributed by atoms with E-state index in [4.69, 9.17) is 10.1 Å². The normalized spacial score (nSPS) is 22.3. The molecule has 96 valence electrons. The molecule has 2 aliphatic carbocycles. The highest BCUT2D eigenvalue weighted by molar-refractivity contribution is 7.11. The number of aryl methyl sites for hydroxylation is 1. The van der Waals surface area contributed by atoms with E-state index in [0.717, 1.165) is 24.8 Å². The lowest BCUT2D eigenvalue weighted by molar-refractivity contribution is -0.131. The molecule has 0 radical (unpaired) electrons. The third kappa shape index (κ3) is 2.34. The van der Waals surface area contributed by atoms with Crippen LogP contribution in [0.5, 0.6) is 0 Å². The molecule has 4 heteroatoms. The SMILES string of the molecule is O=C(O)/C=C1\CCc2nc(C3CCCC3)sc2C1. The molecule has 2 aliphatic rings. The van der Waals surface area contributed by atoms with Gasteiger partial charge in [0.1, 0.15) is 0 Å². The second-order valence-electron chi connectivity index (χ2n) is 5.22. The van der Waals surface area contributed by atoms with Gasteiger partial charge < -0.3 is 5.11 Å². The van der Waals surface area contributed by atoms with Gasteiger partial charge in [0.2, 0.25) is 0 Å². The number of aromatic nitrogens is 1. The fraction of sp³-hybridized carbons (Fsp3) is 0.571. The minimum absolute atomic E-state index is 0.674. The largest absolute Gasteiger partial charge is 0.478 e. The van der Waals surface area contributed by atoms with Gasteiger partial charge in [0, 0.05) is 23.3 Å². The Morgan fingerprint density at radius 3 is 2.83 bits per heavy atom. The quantitative estimate of drug-likeness (QED) is 0.833. The fourth-order valence-corrected chi connectivity index (χ4v) is 4.29. The Bertz CT molecular complexity index is 498. The highest BCUT2D eigenvalue weighted by Gasteiger charge is 2.24. The van der Waals surface area contributed by atoms with Crippen LogP contribution in [0.25, 0.3) is 0 Å². The van der Waals surface area contributed by atoms with Crippen molar-refractivity contribution in [3.8, 4) is 0 Å². The van der Waals surface area contributed by atoms with Gasteiger partial charge in [-0.05, 0) is 25.7 Å². The lowest BCUT2D eigenvalue weighted by Crippen LogP contribution is -2.05. The number of rotatable bonds is 2. The Balaban J connectivity index is 1.81. The van der Waals surface area contributed by atoms with E-state index in [9.17, 15) is 4.79 Å². The minimum atomic E-state index is -0.825. The second-order valence-corrected chi connectivity index (χ2v) is 6.34. The minimum Gasteiger partial charge on any atom is -0.478 e. The first-order valence-corrected chi connectivity index (χ1v) is 7.45. The molecule has 0 amide bonds. The number of hydrogen-bond donors (Lipinski definition) is 1. The van der Waals surface area contributed by atoms with Gasteiger partial charge in [0.05, 0.1) is 10.7 Å². The molecular weight excluding hydrogens is 246 g/mol. The van der Waals surface area contributed by atoms with Gasteiger partial charge in [0.15, 0.2) is 0 Å². The van der Waals surface area contributed by atoms with Crippen molar-refractivity contribution in [2.45, 2.75) is 50.9 Å². The van der Waals surface area contributed by atoms with Gasteiger partial charge in [-0.3, -0.25) is 0 Å². The standard InChI is InChI=1S/C14H17NO2S/c16-13(17)8-9-5-6-11-12(7-9)18-14(15-11)10-3-1-2-4-10/h8,10H,1-7H2,(H,16,17)/b9-8+. The molecule has 1 fully saturated rings. The van der Waals surface area contributed by atoms with Crippen LogP contribution in [0.15, 0.2) is 11.6 Å². The molecule has 0 aliphatic heterocycles. The highest BCUT2D eigenvalue weighted by atomic mass is 32.1. The summed E-state index contributed by atoms with van der Waals surface area (Å²) in [5, 5.41) is 10.1. The summed E-state index contributed by atoms with van der Waals surface area (Å²) in [4.78, 5) is 16.8. The van der Waals surface area contributed by atoms with Crippen LogP contribution in [0.4, 0.5) is 0 Å². The highest BCUT2D eigenvalue weighted by Crippen LogP contribution is 2.39. The van der Waals surface area contributed by atoms with Crippen molar-refractivity contribution in [3.63, 3.8) is 0 Å². The zero-order valence-electron chi connectivity index (χ0n) is 10.3. The molecule has 1 aromatic heterocycles. The van der Waals surface area contributed by atoms with Crippen LogP contribution in [0, 0.1) is 0 Å². The van der Waals surface area contributed by atoms with Gasteiger partial charge in [0.25, 0.3) is 0 Å². The predicted molar refractivity (Wildman–Crippen MR) is 71.1 cm³/mol. The van der Waals surface area contributed by atoms with Crippen molar-refractivity contribution in [2.75, 3.05) is 0 Å². The first-order valence-electron chi connectivity index (χ1n) is 6.63. The third-order valence-electron chi connectivity index (χ3n) is 3.90. The molecule has 3 nitrogen and oxygen atoms in total. The van der Waals surface area contributed by atoms with Crippen molar-refractivity contribution in [1.29, 1.82) is 0 Å². The van der Waals surface area contributed by atoms with Gasteiger partial charge in [-0.25, -0.2) is 9.78 Å². The van der Waals surface area contributed by atoms with E-state index in [0.29, 0.717) is 5.92 Å². The van der Waals surface area contributed by atoms with Gasteiger partial charge >= 0.3 is 5.97 Å². The number of aliphatic carboxylic acids is 1. The summed E-state index contributed by atoms with van der Waals surface area (Å²) in [6, 6.07) is 0. The number of carboxylic acid groups (broad SMARTS) is 1. The number of fused-ring (bicyclic) bond motifs is 1. The van der Waals surface area contributed by atoms with E-state index in [-0.39, 0.29) is 0 Å². The van der Waals surface area contributed by atoms with Gasteiger partial charge in [-0.1, -0.05) is 18.4 Å². The fourth-order valence-electron chi connectivity index (χ4n) is 2.96. The Hall–Kier alpha value is -1.16. The number of hydrogen-bond acceptors (Lipinski definition) is 3. The average Bonchev–Trinajstić information content (AvgIpc) is 2.95. The van der Waals surface area contributed by atoms with E-state index in [1.54, 1.807) is 0 Å². The molecule has 0 aromatic carbocycles. The van der Waals surface area contributed by atoms with E-state index >= 15 is 0 Å². The maximum absolute atomic E-state index is 10.7. The van der Waals surface area contributed by atoms with Crippen molar-refractivity contribution in [2.24, 2.45) is 0 Å². The summed E-state index contributed by atoms with van der Waals surface area (Å²) in [7, 11) is 0. The number of carboxylic acids is 1. The maximum Gasteiger partial charge on any atom is 0.328 e. The molecular formula is C14H17NO2S. The van der Waals surface area contributed by atoms with E-state index in [1.807, 2.05) is 11.3 Å². The van der Waals surface area contributed by atoms with Crippen LogP contribution in [0.2, 0.25) is 0 Å². The molecule has 3 rings (SSSR count). The Labute approximate surface area is 111 Å². The number of allylic oxidation sites excluding steroid dienone is 1. The predicted octanol–water partition coefficient (Wildman–Crippen LogP) is 3.30. The van der Waals surface area contributed by atoms with Gasteiger partial charge in [-0.2, -0.15) is 0 Å². The van der Waals surface area contributed by atoms with Crippen LogP contribution < -0.4 is 0 Å².